The van der Waals surface area contributed by atoms with E-state index in [1.54, 1.807) is 0 Å². The molecule has 2 rings (SSSR count). The Labute approximate surface area is 119 Å². The minimum Gasteiger partial charge on any atom is -0.394 e. The first-order valence-corrected chi connectivity index (χ1v) is 6.51. The number of hydrogen-bond donors (Lipinski definition) is 3. The number of aliphatic hydroxyl groups excluding tert-OH is 1. The molecule has 21 heavy (non-hydrogen) atoms. The number of rotatable bonds is 4. The van der Waals surface area contributed by atoms with E-state index in [1.165, 1.54) is 16.8 Å². The Bertz CT molecular complexity index is 675. The molecule has 0 bridgehead atoms. The van der Waals surface area contributed by atoms with Gasteiger partial charge in [0.05, 0.1) is 18.3 Å². The second kappa shape index (κ2) is 6.06. The van der Waals surface area contributed by atoms with Crippen LogP contribution in [0.3, 0.4) is 0 Å². The molecule has 0 radical (unpaired) electrons. The Hall–Kier alpha value is -2.19. The van der Waals surface area contributed by atoms with Crippen LogP contribution in [-0.4, -0.2) is 33.3 Å². The molecule has 2 heterocycles. The van der Waals surface area contributed by atoms with Gasteiger partial charge in [0.25, 0.3) is 5.56 Å². The number of aromatic nitrogens is 2. The largest absolute Gasteiger partial charge is 0.394 e. The number of nitrogens with two attached hydrogens (primary N) is 1. The summed E-state index contributed by atoms with van der Waals surface area (Å²) in [6.07, 6.45) is 3.21. The van der Waals surface area contributed by atoms with Crippen molar-refractivity contribution in [2.24, 2.45) is 11.7 Å². The van der Waals surface area contributed by atoms with E-state index >= 15 is 0 Å². The average molecular weight is 295 g/mol. The van der Waals surface area contributed by atoms with E-state index < -0.39 is 23.4 Å². The quantitative estimate of drug-likeness (QED) is 0.611. The van der Waals surface area contributed by atoms with E-state index in [1.807, 2.05) is 6.92 Å². The van der Waals surface area contributed by atoms with Crippen LogP contribution in [0.2, 0.25) is 0 Å². The van der Waals surface area contributed by atoms with Crippen LogP contribution in [0.1, 0.15) is 25.1 Å². The number of ether oxygens (including phenoxy) is 1. The highest BCUT2D eigenvalue weighted by Gasteiger charge is 2.33. The molecule has 1 saturated heterocycles. The van der Waals surface area contributed by atoms with Gasteiger partial charge >= 0.3 is 5.69 Å². The van der Waals surface area contributed by atoms with E-state index in [0.717, 1.165) is 6.08 Å². The van der Waals surface area contributed by atoms with E-state index in [0.29, 0.717) is 6.42 Å². The lowest BCUT2D eigenvalue weighted by Gasteiger charge is -2.15. The maximum absolute atomic E-state index is 11.9. The zero-order valence-corrected chi connectivity index (χ0v) is 11.5. The van der Waals surface area contributed by atoms with Crippen LogP contribution >= 0.6 is 0 Å². The van der Waals surface area contributed by atoms with Crippen LogP contribution in [-0.2, 0) is 9.53 Å². The molecule has 8 nitrogen and oxygen atoms in total. The van der Waals surface area contributed by atoms with Crippen LogP contribution in [0.5, 0.6) is 0 Å². The molecule has 8 heteroatoms. The van der Waals surface area contributed by atoms with Crippen LogP contribution in [0.4, 0.5) is 0 Å². The lowest BCUT2D eigenvalue weighted by Crippen LogP contribution is -2.33. The summed E-state index contributed by atoms with van der Waals surface area (Å²) in [6, 6.07) is 0. The highest BCUT2D eigenvalue weighted by molar-refractivity contribution is 5.90. The number of aromatic amines is 1. The SMILES string of the molecule is C[C@@H]1C[C@H](n2cc(/C=C/C(N)=O)c(=O)[nH]c2=O)O[C@@H]1CO. The molecule has 1 aromatic rings. The number of H-pyrrole nitrogens is 1. The highest BCUT2D eigenvalue weighted by Crippen LogP contribution is 2.31. The number of nitrogens with one attached hydrogen (secondary N) is 1. The minimum absolute atomic E-state index is 0.0865. The molecule has 1 amide bonds. The summed E-state index contributed by atoms with van der Waals surface area (Å²) in [7, 11) is 0. The summed E-state index contributed by atoms with van der Waals surface area (Å²) in [6.45, 7) is 1.77. The van der Waals surface area contributed by atoms with E-state index in [4.69, 9.17) is 10.5 Å². The van der Waals surface area contributed by atoms with Crippen LogP contribution in [0.15, 0.2) is 21.9 Å². The maximum atomic E-state index is 11.9. The zero-order valence-electron chi connectivity index (χ0n) is 11.5. The fraction of sp³-hybridized carbons (Fsp3) is 0.462. The van der Waals surface area contributed by atoms with Crippen molar-refractivity contribution in [1.82, 2.24) is 9.55 Å². The third-order valence-electron chi connectivity index (χ3n) is 3.45. The van der Waals surface area contributed by atoms with Gasteiger partial charge in [-0.2, -0.15) is 0 Å². The van der Waals surface area contributed by atoms with Crippen molar-refractivity contribution >= 4 is 12.0 Å². The van der Waals surface area contributed by atoms with Gasteiger partial charge in [0.1, 0.15) is 6.23 Å². The van der Waals surface area contributed by atoms with Crippen molar-refractivity contribution in [1.29, 1.82) is 0 Å². The molecule has 1 aliphatic rings. The van der Waals surface area contributed by atoms with Crippen molar-refractivity contribution in [3.63, 3.8) is 0 Å². The number of carbonyl (C=O) groups is 1. The van der Waals surface area contributed by atoms with Gasteiger partial charge in [0, 0.05) is 12.3 Å². The first kappa shape index (κ1) is 15.2. The number of aliphatic hydroxyl groups is 1. The van der Waals surface area contributed by atoms with Crippen molar-refractivity contribution in [3.8, 4) is 0 Å². The molecule has 0 saturated carbocycles. The molecule has 0 aromatic carbocycles. The Morgan fingerprint density at radius 1 is 1.62 bits per heavy atom. The zero-order chi connectivity index (χ0) is 15.6. The monoisotopic (exact) mass is 295 g/mol. The normalized spacial score (nSPS) is 25.5. The molecule has 114 valence electrons. The second-order valence-corrected chi connectivity index (χ2v) is 5.01. The van der Waals surface area contributed by atoms with Gasteiger partial charge in [-0.25, -0.2) is 4.79 Å². The van der Waals surface area contributed by atoms with E-state index in [9.17, 15) is 19.5 Å². The third kappa shape index (κ3) is 3.29. The molecule has 3 atom stereocenters. The van der Waals surface area contributed by atoms with Crippen LogP contribution in [0, 0.1) is 5.92 Å². The minimum atomic E-state index is -0.696. The Kier molecular flexibility index (Phi) is 4.39. The molecular formula is C13H17N3O5. The van der Waals surface area contributed by atoms with Crippen molar-refractivity contribution in [3.05, 3.63) is 38.7 Å². The first-order chi connectivity index (χ1) is 9.92. The predicted molar refractivity (Wildman–Crippen MR) is 74.3 cm³/mol. The summed E-state index contributed by atoms with van der Waals surface area (Å²) in [5, 5.41) is 9.18. The average Bonchev–Trinajstić information content (AvgIpc) is 2.78. The summed E-state index contributed by atoms with van der Waals surface area (Å²) in [5.74, 6) is -0.610. The first-order valence-electron chi connectivity index (χ1n) is 6.51. The molecule has 0 aliphatic carbocycles. The van der Waals surface area contributed by atoms with Gasteiger partial charge in [-0.3, -0.25) is 19.1 Å². The maximum Gasteiger partial charge on any atom is 0.330 e. The molecule has 1 aromatic heterocycles. The lowest BCUT2D eigenvalue weighted by molar-refractivity contribution is -0.113. The van der Waals surface area contributed by atoms with Crippen molar-refractivity contribution in [2.45, 2.75) is 25.7 Å². The van der Waals surface area contributed by atoms with Crippen molar-refractivity contribution < 1.29 is 14.6 Å². The van der Waals surface area contributed by atoms with Crippen molar-refractivity contribution in [2.75, 3.05) is 6.61 Å². The highest BCUT2D eigenvalue weighted by atomic mass is 16.5. The van der Waals surface area contributed by atoms with Gasteiger partial charge < -0.3 is 15.6 Å². The van der Waals surface area contributed by atoms with E-state index in [-0.39, 0.29) is 24.2 Å². The van der Waals surface area contributed by atoms with Crippen LogP contribution < -0.4 is 17.0 Å². The number of carbonyl (C=O) groups excluding carboxylic acids is 1. The lowest BCUT2D eigenvalue weighted by atomic mass is 10.0. The molecule has 4 N–H and O–H groups in total. The molecular weight excluding hydrogens is 278 g/mol. The summed E-state index contributed by atoms with van der Waals surface area (Å²) in [5.41, 5.74) is 3.88. The van der Waals surface area contributed by atoms with Gasteiger partial charge in [0.2, 0.25) is 5.91 Å². The molecule has 1 fully saturated rings. The fourth-order valence-corrected chi connectivity index (χ4v) is 2.27. The molecule has 0 unspecified atom stereocenters. The number of primary amides is 1. The third-order valence-corrected chi connectivity index (χ3v) is 3.45. The summed E-state index contributed by atoms with van der Waals surface area (Å²) < 4.78 is 6.83. The smallest absolute Gasteiger partial charge is 0.330 e. The Morgan fingerprint density at radius 3 is 2.90 bits per heavy atom. The number of amides is 1. The Morgan fingerprint density at radius 2 is 2.33 bits per heavy atom. The summed E-state index contributed by atoms with van der Waals surface area (Å²) in [4.78, 5) is 36.4. The Balaban J connectivity index is 2.37. The molecule has 1 aliphatic heterocycles. The van der Waals surface area contributed by atoms with Gasteiger partial charge in [-0.1, -0.05) is 6.92 Å². The topological polar surface area (TPSA) is 127 Å². The van der Waals surface area contributed by atoms with Gasteiger partial charge in [0.15, 0.2) is 0 Å². The summed E-state index contributed by atoms with van der Waals surface area (Å²) >= 11 is 0. The predicted octanol–water partition coefficient (Wildman–Crippen LogP) is -1.05. The second-order valence-electron chi connectivity index (χ2n) is 5.01. The fourth-order valence-electron chi connectivity index (χ4n) is 2.27. The van der Waals surface area contributed by atoms with Gasteiger partial charge in [-0.15, -0.1) is 0 Å². The standard InChI is InChI=1S/C13H17N3O5/c1-7-4-11(21-9(7)6-17)16-5-8(2-3-10(14)18)12(19)15-13(16)20/h2-3,5,7,9,11,17H,4,6H2,1H3,(H2,14,18)(H,15,19,20)/b3-2+/t7-,9-,11-/m1/s1. The van der Waals surface area contributed by atoms with Crippen LogP contribution in [0.25, 0.3) is 6.08 Å². The molecule has 0 spiro atoms. The number of hydrogen-bond acceptors (Lipinski definition) is 5. The number of nitrogens with zero attached hydrogens (tertiary/aromatic N) is 1. The van der Waals surface area contributed by atoms with Gasteiger partial charge in [-0.05, 0) is 18.4 Å². The van der Waals surface area contributed by atoms with E-state index in [2.05, 4.69) is 4.98 Å².